The average Bonchev–Trinajstić information content (AvgIpc) is 2.62. The Kier molecular flexibility index (Phi) is 4.37. The zero-order chi connectivity index (χ0) is 10.6. The highest BCUT2D eigenvalue weighted by atomic mass is 32.2. The molecule has 0 radical (unpaired) electrons. The van der Waals surface area contributed by atoms with Gasteiger partial charge in [0.1, 0.15) is 0 Å². The van der Waals surface area contributed by atoms with Gasteiger partial charge >= 0.3 is 5.97 Å². The van der Waals surface area contributed by atoms with E-state index in [0.29, 0.717) is 5.75 Å². The van der Waals surface area contributed by atoms with Crippen LogP contribution in [0, 0.1) is 0 Å². The summed E-state index contributed by atoms with van der Waals surface area (Å²) >= 11 is 2.69. The molecule has 1 rings (SSSR count). The fourth-order valence-corrected chi connectivity index (χ4v) is 2.22. The van der Waals surface area contributed by atoms with Crippen LogP contribution in [0.4, 0.5) is 0 Å². The van der Waals surface area contributed by atoms with Crippen LogP contribution in [0.5, 0.6) is 0 Å². The van der Waals surface area contributed by atoms with Gasteiger partial charge in [0, 0.05) is 16.4 Å². The van der Waals surface area contributed by atoms with Gasteiger partial charge in [0.25, 0.3) is 0 Å². The molecule has 1 aromatic heterocycles. The van der Waals surface area contributed by atoms with Gasteiger partial charge in [-0.3, -0.25) is 0 Å². The summed E-state index contributed by atoms with van der Waals surface area (Å²) in [6.45, 7) is 2.04. The molecule has 0 aliphatic carbocycles. The maximum absolute atomic E-state index is 10.5. The van der Waals surface area contributed by atoms with E-state index in [4.69, 9.17) is 10.2 Å². The van der Waals surface area contributed by atoms with Crippen LogP contribution in [0.1, 0.15) is 22.4 Å². The molecule has 0 aliphatic rings. The van der Waals surface area contributed by atoms with Crippen molar-refractivity contribution in [2.75, 3.05) is 6.61 Å². The van der Waals surface area contributed by atoms with Crippen molar-refractivity contribution in [1.29, 1.82) is 0 Å². The van der Waals surface area contributed by atoms with E-state index in [0.717, 1.165) is 17.0 Å². The van der Waals surface area contributed by atoms with Crippen LogP contribution in [-0.2, 0) is 5.75 Å². The molecule has 1 unspecified atom stereocenters. The molecule has 0 fully saturated rings. The maximum Gasteiger partial charge on any atom is 0.365 e. The molecular weight excluding hydrogens is 222 g/mol. The van der Waals surface area contributed by atoms with Crippen molar-refractivity contribution in [3.05, 3.63) is 16.1 Å². The van der Waals surface area contributed by atoms with Gasteiger partial charge in [0.05, 0.1) is 12.3 Å². The van der Waals surface area contributed by atoms with Crippen molar-refractivity contribution < 1.29 is 15.0 Å². The van der Waals surface area contributed by atoms with E-state index in [-0.39, 0.29) is 16.9 Å². The number of carbonyl (C=O) groups is 1. The summed E-state index contributed by atoms with van der Waals surface area (Å²) in [5.41, 5.74) is 0.762. The quantitative estimate of drug-likeness (QED) is 0.805. The SMILES string of the molecule is CC(CO)SCc1csc(C(=O)O)n1. The van der Waals surface area contributed by atoms with Gasteiger partial charge in [-0.15, -0.1) is 11.3 Å². The smallest absolute Gasteiger partial charge is 0.365 e. The molecule has 78 valence electrons. The van der Waals surface area contributed by atoms with Crippen LogP contribution >= 0.6 is 23.1 Å². The Bertz CT molecular complexity index is 313. The van der Waals surface area contributed by atoms with Crippen molar-refractivity contribution in [2.45, 2.75) is 17.9 Å². The lowest BCUT2D eigenvalue weighted by molar-refractivity contribution is 0.0696. The molecule has 0 amide bonds. The fraction of sp³-hybridized carbons (Fsp3) is 0.500. The molecule has 14 heavy (non-hydrogen) atoms. The third kappa shape index (κ3) is 3.28. The van der Waals surface area contributed by atoms with Crippen LogP contribution in [0.15, 0.2) is 5.38 Å². The highest BCUT2D eigenvalue weighted by molar-refractivity contribution is 7.99. The standard InChI is InChI=1S/C8H11NO3S2/c1-5(2-10)13-3-6-4-14-7(9-6)8(11)12/h4-5,10H,2-3H2,1H3,(H,11,12). The van der Waals surface area contributed by atoms with Gasteiger partial charge in [0.15, 0.2) is 0 Å². The number of aromatic nitrogens is 1. The second-order valence-electron chi connectivity index (χ2n) is 2.75. The van der Waals surface area contributed by atoms with Crippen LogP contribution in [0.25, 0.3) is 0 Å². The third-order valence-corrected chi connectivity index (χ3v) is 3.57. The van der Waals surface area contributed by atoms with Crippen LogP contribution in [-0.4, -0.2) is 33.0 Å². The Labute approximate surface area is 90.0 Å². The topological polar surface area (TPSA) is 70.4 Å². The van der Waals surface area contributed by atoms with E-state index in [1.807, 2.05) is 6.92 Å². The van der Waals surface area contributed by atoms with E-state index >= 15 is 0 Å². The molecule has 6 heteroatoms. The summed E-state index contributed by atoms with van der Waals surface area (Å²) in [4.78, 5) is 14.4. The third-order valence-electron chi connectivity index (χ3n) is 1.51. The zero-order valence-corrected chi connectivity index (χ0v) is 9.27. The van der Waals surface area contributed by atoms with Gasteiger partial charge in [-0.05, 0) is 0 Å². The van der Waals surface area contributed by atoms with Gasteiger partial charge in [-0.2, -0.15) is 11.8 Å². The minimum atomic E-state index is -0.985. The Morgan fingerprint density at radius 2 is 2.50 bits per heavy atom. The number of carboxylic acids is 1. The first kappa shape index (κ1) is 11.5. The van der Waals surface area contributed by atoms with E-state index < -0.39 is 5.97 Å². The molecule has 0 aliphatic heterocycles. The molecule has 1 aromatic rings. The number of thioether (sulfide) groups is 1. The van der Waals surface area contributed by atoms with Crippen LogP contribution in [0.2, 0.25) is 0 Å². The summed E-state index contributed by atoms with van der Waals surface area (Å²) in [5.74, 6) is -0.340. The summed E-state index contributed by atoms with van der Waals surface area (Å²) in [5, 5.41) is 19.4. The number of thiazole rings is 1. The largest absolute Gasteiger partial charge is 0.476 e. The lowest BCUT2D eigenvalue weighted by Gasteiger charge is -2.04. The van der Waals surface area contributed by atoms with Crippen molar-refractivity contribution in [3.8, 4) is 0 Å². The Morgan fingerprint density at radius 1 is 1.79 bits per heavy atom. The summed E-state index contributed by atoms with van der Waals surface area (Å²) in [6.07, 6.45) is 0. The van der Waals surface area contributed by atoms with Gasteiger partial charge in [0.2, 0.25) is 5.01 Å². The van der Waals surface area contributed by atoms with Gasteiger partial charge in [-0.25, -0.2) is 9.78 Å². The average molecular weight is 233 g/mol. The second kappa shape index (κ2) is 5.33. The molecule has 0 spiro atoms. The molecule has 0 aromatic carbocycles. The van der Waals surface area contributed by atoms with Crippen molar-refractivity contribution in [1.82, 2.24) is 4.98 Å². The zero-order valence-electron chi connectivity index (χ0n) is 7.64. The molecule has 0 saturated heterocycles. The van der Waals surface area contributed by atoms with Crippen LogP contribution in [0.3, 0.4) is 0 Å². The predicted octanol–water partition coefficient (Wildman–Crippen LogP) is 1.46. The maximum atomic E-state index is 10.5. The summed E-state index contributed by atoms with van der Waals surface area (Å²) in [7, 11) is 0. The number of rotatable bonds is 5. The number of hydrogen-bond donors (Lipinski definition) is 2. The fourth-order valence-electron chi connectivity index (χ4n) is 0.752. The second-order valence-corrected chi connectivity index (χ2v) is 5.04. The van der Waals surface area contributed by atoms with Crippen LogP contribution < -0.4 is 0 Å². The van der Waals surface area contributed by atoms with Crippen molar-refractivity contribution >= 4 is 29.1 Å². The van der Waals surface area contributed by atoms with Crippen molar-refractivity contribution in [2.24, 2.45) is 0 Å². The lowest BCUT2D eigenvalue weighted by atomic mass is 10.5. The normalized spacial score (nSPS) is 12.7. The minimum Gasteiger partial charge on any atom is -0.476 e. The molecular formula is C8H11NO3S2. The van der Waals surface area contributed by atoms with E-state index in [9.17, 15) is 4.79 Å². The first-order valence-electron chi connectivity index (χ1n) is 4.03. The highest BCUT2D eigenvalue weighted by Gasteiger charge is 2.09. The van der Waals surface area contributed by atoms with E-state index in [1.54, 1.807) is 17.1 Å². The first-order chi connectivity index (χ1) is 6.63. The number of carboxylic acid groups (broad SMARTS) is 1. The summed E-state index contributed by atoms with van der Waals surface area (Å²) in [6, 6.07) is 0. The molecule has 0 bridgehead atoms. The van der Waals surface area contributed by atoms with Crippen molar-refractivity contribution in [3.63, 3.8) is 0 Å². The number of aromatic carboxylic acids is 1. The molecule has 1 atom stereocenters. The Morgan fingerprint density at radius 3 is 3.00 bits per heavy atom. The number of aliphatic hydroxyl groups is 1. The van der Waals surface area contributed by atoms with E-state index in [1.165, 1.54) is 0 Å². The molecule has 4 nitrogen and oxygen atoms in total. The first-order valence-corrected chi connectivity index (χ1v) is 5.96. The van der Waals surface area contributed by atoms with Gasteiger partial charge in [-0.1, -0.05) is 6.92 Å². The Balaban J connectivity index is 2.48. The predicted molar refractivity (Wildman–Crippen MR) is 56.9 cm³/mol. The van der Waals surface area contributed by atoms with Gasteiger partial charge < -0.3 is 10.2 Å². The number of aliphatic hydroxyl groups excluding tert-OH is 1. The molecule has 2 N–H and O–H groups in total. The van der Waals surface area contributed by atoms with E-state index in [2.05, 4.69) is 4.98 Å². The monoisotopic (exact) mass is 233 g/mol. The molecule has 0 saturated carbocycles. The lowest BCUT2D eigenvalue weighted by Crippen LogP contribution is -2.02. The molecule has 1 heterocycles. The number of nitrogens with zero attached hydrogens (tertiary/aromatic N) is 1. The highest BCUT2D eigenvalue weighted by Crippen LogP contribution is 2.19. The Hall–Kier alpha value is -0.590. The minimum absolute atomic E-state index is 0.122. The number of hydrogen-bond acceptors (Lipinski definition) is 5. The summed E-state index contributed by atoms with van der Waals surface area (Å²) < 4.78 is 0.